The highest BCUT2D eigenvalue weighted by Crippen LogP contribution is 2.45. The molecule has 0 N–H and O–H groups in total. The van der Waals surface area contributed by atoms with Crippen LogP contribution in [-0.2, 0) is 0 Å². The molecule has 0 unspecified atom stereocenters. The van der Waals surface area contributed by atoms with E-state index >= 15 is 0 Å². The van der Waals surface area contributed by atoms with E-state index in [0.717, 1.165) is 28.1 Å². The van der Waals surface area contributed by atoms with E-state index in [4.69, 9.17) is 4.98 Å². The first-order valence-electron chi connectivity index (χ1n) is 19.5. The lowest BCUT2D eigenvalue weighted by Gasteiger charge is -2.19. The summed E-state index contributed by atoms with van der Waals surface area (Å²) in [6.45, 7) is 0. The van der Waals surface area contributed by atoms with Crippen LogP contribution in [0.25, 0.3) is 105 Å². The standard InChI is InChI=1S/C55H36N2/c1-3-15-40(16-4-1)54-48-22-10-9-21-47(48)53(41-28-26-39(27-29-41)46-23-13-19-38-14-7-8-20-45(38)46)49-35-32-43(36-50(49)54)37-30-33-44(34-31-37)57-52-25-12-11-24-51(52)56-55(57)42-17-5-2-6-18-42/h1-36H. The molecular weight excluding hydrogens is 689 g/mol. The Morgan fingerprint density at radius 1 is 0.316 bits per heavy atom. The van der Waals surface area contributed by atoms with E-state index in [9.17, 15) is 0 Å². The predicted molar refractivity (Wildman–Crippen MR) is 241 cm³/mol. The number of nitrogens with zero attached hydrogens (tertiary/aromatic N) is 2. The summed E-state index contributed by atoms with van der Waals surface area (Å²) >= 11 is 0. The third-order valence-electron chi connectivity index (χ3n) is 11.4. The van der Waals surface area contributed by atoms with E-state index in [1.807, 2.05) is 6.07 Å². The summed E-state index contributed by atoms with van der Waals surface area (Å²) in [5.74, 6) is 0.937. The molecule has 0 aliphatic heterocycles. The summed E-state index contributed by atoms with van der Waals surface area (Å²) in [6, 6.07) is 78.9. The van der Waals surface area contributed by atoms with Gasteiger partial charge >= 0.3 is 0 Å². The molecule has 0 aliphatic rings. The van der Waals surface area contributed by atoms with Crippen molar-refractivity contribution in [1.82, 2.24) is 9.55 Å². The van der Waals surface area contributed by atoms with Crippen molar-refractivity contribution in [2.75, 3.05) is 0 Å². The fourth-order valence-electron chi connectivity index (χ4n) is 8.75. The maximum absolute atomic E-state index is 5.07. The molecule has 1 aromatic heterocycles. The van der Waals surface area contributed by atoms with Crippen molar-refractivity contribution in [1.29, 1.82) is 0 Å². The lowest BCUT2D eigenvalue weighted by molar-refractivity contribution is 1.10. The minimum atomic E-state index is 0.937. The highest BCUT2D eigenvalue weighted by molar-refractivity contribution is 6.22. The van der Waals surface area contributed by atoms with Gasteiger partial charge in [-0.1, -0.05) is 188 Å². The molecular formula is C55H36N2. The van der Waals surface area contributed by atoms with E-state index in [1.54, 1.807) is 0 Å². The Bertz CT molecular complexity index is 3240. The maximum atomic E-state index is 5.07. The van der Waals surface area contributed by atoms with Gasteiger partial charge in [-0.05, 0) is 107 Å². The highest BCUT2D eigenvalue weighted by Gasteiger charge is 2.19. The number of hydrogen-bond donors (Lipinski definition) is 0. The van der Waals surface area contributed by atoms with Crippen LogP contribution in [0.1, 0.15) is 0 Å². The second kappa shape index (κ2) is 13.6. The first kappa shape index (κ1) is 32.8. The molecule has 10 aromatic carbocycles. The van der Waals surface area contributed by atoms with Crippen LogP contribution in [0.2, 0.25) is 0 Å². The van der Waals surface area contributed by atoms with Crippen molar-refractivity contribution in [3.05, 3.63) is 218 Å². The third-order valence-corrected chi connectivity index (χ3v) is 11.4. The molecule has 1 heterocycles. The summed E-state index contributed by atoms with van der Waals surface area (Å²) in [6.07, 6.45) is 0. The van der Waals surface area contributed by atoms with Crippen LogP contribution in [-0.4, -0.2) is 9.55 Å². The van der Waals surface area contributed by atoms with Gasteiger partial charge in [0.05, 0.1) is 11.0 Å². The average molecular weight is 725 g/mol. The van der Waals surface area contributed by atoms with Crippen LogP contribution in [0.5, 0.6) is 0 Å². The van der Waals surface area contributed by atoms with Crippen molar-refractivity contribution in [3.8, 4) is 61.6 Å². The van der Waals surface area contributed by atoms with Crippen LogP contribution in [0, 0.1) is 0 Å². The molecule has 0 atom stereocenters. The van der Waals surface area contributed by atoms with E-state index < -0.39 is 0 Å². The van der Waals surface area contributed by atoms with Gasteiger partial charge in [0.2, 0.25) is 0 Å². The lowest BCUT2D eigenvalue weighted by atomic mass is 9.84. The SMILES string of the molecule is c1ccc(-c2c3ccccc3c(-c3ccc(-c4cccc5ccccc45)cc3)c3ccc(-c4ccc(-n5c(-c6ccccc6)nc6ccccc65)cc4)cc23)cc1. The fourth-order valence-corrected chi connectivity index (χ4v) is 8.75. The molecule has 2 heteroatoms. The Balaban J connectivity index is 1.07. The van der Waals surface area contributed by atoms with Crippen molar-refractivity contribution in [2.24, 2.45) is 0 Å². The molecule has 0 fully saturated rings. The number of para-hydroxylation sites is 2. The van der Waals surface area contributed by atoms with Gasteiger partial charge < -0.3 is 0 Å². The summed E-state index contributed by atoms with van der Waals surface area (Å²) in [4.78, 5) is 5.07. The Hall–Kier alpha value is -7.55. The molecule has 0 saturated heterocycles. The smallest absolute Gasteiger partial charge is 0.145 e. The molecule has 0 radical (unpaired) electrons. The van der Waals surface area contributed by atoms with E-state index in [2.05, 4.69) is 217 Å². The molecule has 0 bridgehead atoms. The van der Waals surface area contributed by atoms with Gasteiger partial charge in [0, 0.05) is 11.3 Å². The summed E-state index contributed by atoms with van der Waals surface area (Å²) in [5, 5.41) is 7.50. The Labute approximate surface area is 331 Å². The zero-order valence-corrected chi connectivity index (χ0v) is 31.2. The molecule has 0 aliphatic carbocycles. The average Bonchev–Trinajstić information content (AvgIpc) is 3.68. The molecule has 266 valence electrons. The van der Waals surface area contributed by atoms with Crippen molar-refractivity contribution < 1.29 is 0 Å². The van der Waals surface area contributed by atoms with Gasteiger partial charge in [-0.25, -0.2) is 4.98 Å². The molecule has 2 nitrogen and oxygen atoms in total. The number of aromatic nitrogens is 2. The Kier molecular flexibility index (Phi) is 7.86. The van der Waals surface area contributed by atoms with Crippen molar-refractivity contribution in [2.45, 2.75) is 0 Å². The monoisotopic (exact) mass is 724 g/mol. The predicted octanol–water partition coefficient (Wildman–Crippen LogP) is 14.8. The number of imidazole rings is 1. The minimum absolute atomic E-state index is 0.937. The second-order valence-corrected chi connectivity index (χ2v) is 14.7. The van der Waals surface area contributed by atoms with Crippen LogP contribution in [0.3, 0.4) is 0 Å². The molecule has 57 heavy (non-hydrogen) atoms. The van der Waals surface area contributed by atoms with Gasteiger partial charge in [-0.15, -0.1) is 0 Å². The topological polar surface area (TPSA) is 17.8 Å². The number of rotatable bonds is 6. The summed E-state index contributed by atoms with van der Waals surface area (Å²) < 4.78 is 2.27. The number of fused-ring (bicyclic) bond motifs is 4. The zero-order valence-electron chi connectivity index (χ0n) is 31.2. The molecule has 11 aromatic rings. The fraction of sp³-hybridized carbons (Fsp3) is 0. The molecule has 0 saturated carbocycles. The number of benzene rings is 10. The van der Waals surface area contributed by atoms with Crippen molar-refractivity contribution in [3.63, 3.8) is 0 Å². The van der Waals surface area contributed by atoms with Gasteiger partial charge in [0.25, 0.3) is 0 Å². The normalized spacial score (nSPS) is 11.5. The van der Waals surface area contributed by atoms with Crippen LogP contribution in [0.4, 0.5) is 0 Å². The van der Waals surface area contributed by atoms with E-state index in [1.165, 1.54) is 76.8 Å². The van der Waals surface area contributed by atoms with Gasteiger partial charge in [0.1, 0.15) is 5.82 Å². The van der Waals surface area contributed by atoms with Crippen LogP contribution >= 0.6 is 0 Å². The minimum Gasteiger partial charge on any atom is -0.292 e. The lowest BCUT2D eigenvalue weighted by Crippen LogP contribution is -1.97. The maximum Gasteiger partial charge on any atom is 0.145 e. The molecule has 11 rings (SSSR count). The highest BCUT2D eigenvalue weighted by atomic mass is 15.1. The van der Waals surface area contributed by atoms with E-state index in [-0.39, 0.29) is 0 Å². The Morgan fingerprint density at radius 3 is 1.60 bits per heavy atom. The van der Waals surface area contributed by atoms with E-state index in [0.29, 0.717) is 0 Å². The largest absolute Gasteiger partial charge is 0.292 e. The van der Waals surface area contributed by atoms with Crippen LogP contribution < -0.4 is 0 Å². The summed E-state index contributed by atoms with van der Waals surface area (Å²) in [7, 11) is 0. The number of hydrogen-bond acceptors (Lipinski definition) is 1. The quantitative estimate of drug-likeness (QED) is 0.156. The molecule has 0 spiro atoms. The second-order valence-electron chi connectivity index (χ2n) is 14.7. The van der Waals surface area contributed by atoms with Gasteiger partial charge in [-0.3, -0.25) is 4.57 Å². The first-order valence-corrected chi connectivity index (χ1v) is 19.5. The zero-order chi connectivity index (χ0) is 37.7. The van der Waals surface area contributed by atoms with Crippen LogP contribution in [0.15, 0.2) is 218 Å². The summed E-state index contributed by atoms with van der Waals surface area (Å²) in [5.41, 5.74) is 14.0. The van der Waals surface area contributed by atoms with Gasteiger partial charge in [-0.2, -0.15) is 0 Å². The van der Waals surface area contributed by atoms with Crippen molar-refractivity contribution >= 4 is 43.4 Å². The molecule has 0 amide bonds. The van der Waals surface area contributed by atoms with Gasteiger partial charge in [0.15, 0.2) is 0 Å². The third kappa shape index (κ3) is 5.61. The first-order chi connectivity index (χ1) is 28.3. The Morgan fingerprint density at radius 2 is 0.842 bits per heavy atom.